The molecule has 0 aromatic carbocycles. The van der Waals surface area contributed by atoms with Crippen molar-refractivity contribution in [2.45, 2.75) is 191 Å². The first kappa shape index (κ1) is 53.1. The molecular formula is C44H77O12P. The van der Waals surface area contributed by atoms with Gasteiger partial charge in [0.25, 0.3) is 0 Å². The van der Waals surface area contributed by atoms with Crippen LogP contribution in [0, 0.1) is 0 Å². The SMILES string of the molecule is CC/C=C\C/C=C\C/C=C\C/C=C\CCCCCCCOCC(COP(=O)(O)OC1C(O)C(O)C(O)C(O)C1O)OC(=O)CCCCCCC/C=C\CCCCC. The number of phosphoric acid groups is 1. The van der Waals surface area contributed by atoms with Crippen molar-refractivity contribution in [1.82, 2.24) is 0 Å². The number of hydrogen-bond donors (Lipinski definition) is 6. The van der Waals surface area contributed by atoms with Crippen LogP contribution in [0.15, 0.2) is 60.8 Å². The summed E-state index contributed by atoms with van der Waals surface area (Å²) in [5.74, 6) is -0.498. The van der Waals surface area contributed by atoms with Gasteiger partial charge < -0.3 is 39.9 Å². The van der Waals surface area contributed by atoms with Crippen LogP contribution in [-0.4, -0.2) is 98.9 Å². The summed E-state index contributed by atoms with van der Waals surface area (Å²) >= 11 is 0. The van der Waals surface area contributed by atoms with Gasteiger partial charge >= 0.3 is 13.8 Å². The largest absolute Gasteiger partial charge is 0.472 e. The fraction of sp³-hybridized carbons (Fsp3) is 0.750. The number of hydrogen-bond acceptors (Lipinski definition) is 11. The van der Waals surface area contributed by atoms with Crippen molar-refractivity contribution in [2.75, 3.05) is 19.8 Å². The average Bonchev–Trinajstić information content (AvgIpc) is 3.19. The highest BCUT2D eigenvalue weighted by molar-refractivity contribution is 7.47. The van der Waals surface area contributed by atoms with Crippen molar-refractivity contribution in [2.24, 2.45) is 0 Å². The topological polar surface area (TPSA) is 192 Å². The number of allylic oxidation sites excluding steroid dienone is 10. The van der Waals surface area contributed by atoms with Crippen LogP contribution in [0.2, 0.25) is 0 Å². The molecule has 12 nitrogen and oxygen atoms in total. The van der Waals surface area contributed by atoms with E-state index in [0.717, 1.165) is 103 Å². The Bertz CT molecular complexity index is 1170. The van der Waals surface area contributed by atoms with Crippen LogP contribution in [0.25, 0.3) is 0 Å². The highest BCUT2D eigenvalue weighted by Gasteiger charge is 2.51. The van der Waals surface area contributed by atoms with Crippen molar-refractivity contribution < 1.29 is 58.3 Å². The van der Waals surface area contributed by atoms with Gasteiger partial charge in [-0.25, -0.2) is 4.57 Å². The Balaban J connectivity index is 2.44. The zero-order valence-corrected chi connectivity index (χ0v) is 35.8. The first-order chi connectivity index (χ1) is 27.5. The van der Waals surface area contributed by atoms with Crippen molar-refractivity contribution in [3.63, 3.8) is 0 Å². The number of carbonyl (C=O) groups excluding carboxylic acids is 1. The van der Waals surface area contributed by atoms with Gasteiger partial charge in [0.05, 0.1) is 13.2 Å². The maximum absolute atomic E-state index is 12.8. The Morgan fingerprint density at radius 1 is 0.579 bits per heavy atom. The molecule has 0 saturated heterocycles. The van der Waals surface area contributed by atoms with Gasteiger partial charge in [-0.1, -0.05) is 126 Å². The summed E-state index contributed by atoms with van der Waals surface area (Å²) in [6.45, 7) is 4.04. The molecule has 0 amide bonds. The minimum absolute atomic E-state index is 0.0954. The van der Waals surface area contributed by atoms with E-state index in [2.05, 4.69) is 74.6 Å². The molecule has 0 spiro atoms. The number of esters is 1. The Labute approximate surface area is 343 Å². The molecule has 13 heteroatoms. The molecule has 1 fully saturated rings. The lowest BCUT2D eigenvalue weighted by Crippen LogP contribution is -2.64. The third-order valence-electron chi connectivity index (χ3n) is 9.62. The Morgan fingerprint density at radius 2 is 1.04 bits per heavy atom. The van der Waals surface area contributed by atoms with Crippen molar-refractivity contribution in [3.05, 3.63) is 60.8 Å². The molecule has 0 radical (unpaired) electrons. The number of carbonyl (C=O) groups is 1. The van der Waals surface area contributed by atoms with Crippen LogP contribution in [0.5, 0.6) is 0 Å². The van der Waals surface area contributed by atoms with Gasteiger partial charge in [0.15, 0.2) is 0 Å². The molecule has 0 aromatic heterocycles. The normalized spacial score (nSPS) is 23.4. The summed E-state index contributed by atoms with van der Waals surface area (Å²) in [4.78, 5) is 23.1. The fourth-order valence-corrected chi connectivity index (χ4v) is 7.14. The summed E-state index contributed by atoms with van der Waals surface area (Å²) in [5, 5.41) is 50.1. The number of rotatable bonds is 35. The minimum atomic E-state index is -5.02. The molecule has 0 aliphatic heterocycles. The second-order valence-corrected chi connectivity index (χ2v) is 16.2. The molecule has 0 bridgehead atoms. The molecule has 1 aliphatic rings. The zero-order valence-electron chi connectivity index (χ0n) is 34.9. The Morgan fingerprint density at radius 3 is 1.60 bits per heavy atom. The molecule has 6 N–H and O–H groups in total. The maximum atomic E-state index is 12.8. The Hall–Kier alpha value is -1.96. The molecule has 330 valence electrons. The van der Waals surface area contributed by atoms with E-state index >= 15 is 0 Å². The fourth-order valence-electron chi connectivity index (χ4n) is 6.16. The molecular weight excluding hydrogens is 751 g/mol. The van der Waals surface area contributed by atoms with Gasteiger partial charge in [0.1, 0.15) is 42.7 Å². The van der Waals surface area contributed by atoms with Crippen molar-refractivity contribution in [3.8, 4) is 0 Å². The van der Waals surface area contributed by atoms with E-state index < -0.39 is 63.1 Å². The van der Waals surface area contributed by atoms with E-state index in [1.807, 2.05) is 0 Å². The lowest BCUT2D eigenvalue weighted by atomic mass is 9.85. The van der Waals surface area contributed by atoms with Crippen LogP contribution < -0.4 is 0 Å². The van der Waals surface area contributed by atoms with Crippen LogP contribution in [-0.2, 0) is 27.9 Å². The van der Waals surface area contributed by atoms with Crippen LogP contribution in [0.4, 0.5) is 0 Å². The van der Waals surface area contributed by atoms with Gasteiger partial charge in [-0.3, -0.25) is 13.8 Å². The summed E-state index contributed by atoms with van der Waals surface area (Å²) in [6.07, 6.45) is 30.1. The number of ether oxygens (including phenoxy) is 2. The molecule has 1 aliphatic carbocycles. The first-order valence-corrected chi connectivity index (χ1v) is 23.1. The minimum Gasteiger partial charge on any atom is -0.457 e. The second-order valence-electron chi connectivity index (χ2n) is 14.8. The third-order valence-corrected chi connectivity index (χ3v) is 10.6. The zero-order chi connectivity index (χ0) is 42.0. The highest BCUT2D eigenvalue weighted by Crippen LogP contribution is 2.47. The van der Waals surface area contributed by atoms with Gasteiger partial charge in [0, 0.05) is 13.0 Å². The quantitative estimate of drug-likeness (QED) is 0.0155. The van der Waals surface area contributed by atoms with Gasteiger partial charge in [-0.15, -0.1) is 0 Å². The summed E-state index contributed by atoms with van der Waals surface area (Å²) < 4.78 is 34.1. The molecule has 0 aromatic rings. The monoisotopic (exact) mass is 829 g/mol. The van der Waals surface area contributed by atoms with Crippen molar-refractivity contribution >= 4 is 13.8 Å². The summed E-state index contributed by atoms with van der Waals surface area (Å²) in [6, 6.07) is 0. The molecule has 6 unspecified atom stereocenters. The van der Waals surface area contributed by atoms with E-state index in [0.29, 0.717) is 13.0 Å². The van der Waals surface area contributed by atoms with Gasteiger partial charge in [0.2, 0.25) is 0 Å². The van der Waals surface area contributed by atoms with Gasteiger partial charge in [-0.05, 0) is 77.0 Å². The van der Waals surface area contributed by atoms with E-state index in [9.17, 15) is 39.8 Å². The third kappa shape index (κ3) is 27.4. The lowest BCUT2D eigenvalue weighted by molar-refractivity contribution is -0.220. The van der Waals surface area contributed by atoms with E-state index in [4.69, 9.17) is 18.5 Å². The number of unbranched alkanes of at least 4 members (excludes halogenated alkanes) is 13. The highest BCUT2D eigenvalue weighted by atomic mass is 31.2. The maximum Gasteiger partial charge on any atom is 0.472 e. The van der Waals surface area contributed by atoms with E-state index in [-0.39, 0.29) is 13.0 Å². The first-order valence-electron chi connectivity index (χ1n) is 21.6. The number of aliphatic hydroxyl groups is 5. The molecule has 6 atom stereocenters. The Kier molecular flexibility index (Phi) is 32.4. The lowest BCUT2D eigenvalue weighted by Gasteiger charge is -2.41. The van der Waals surface area contributed by atoms with E-state index in [1.165, 1.54) is 19.3 Å². The predicted molar refractivity (Wildman–Crippen MR) is 225 cm³/mol. The molecule has 0 heterocycles. The predicted octanol–water partition coefficient (Wildman–Crippen LogP) is 8.25. The smallest absolute Gasteiger partial charge is 0.457 e. The second kappa shape index (κ2) is 34.9. The van der Waals surface area contributed by atoms with Gasteiger partial charge in [-0.2, -0.15) is 0 Å². The van der Waals surface area contributed by atoms with Crippen LogP contribution >= 0.6 is 7.82 Å². The summed E-state index contributed by atoms with van der Waals surface area (Å²) in [5.41, 5.74) is 0. The summed E-state index contributed by atoms with van der Waals surface area (Å²) in [7, 11) is -5.02. The molecule has 1 saturated carbocycles. The van der Waals surface area contributed by atoms with Crippen LogP contribution in [0.1, 0.15) is 149 Å². The van der Waals surface area contributed by atoms with Crippen molar-refractivity contribution in [1.29, 1.82) is 0 Å². The van der Waals surface area contributed by atoms with Crippen LogP contribution in [0.3, 0.4) is 0 Å². The number of phosphoric ester groups is 1. The standard InChI is InChI=1S/C44H77O12P/c1-3-5-7-9-11-13-15-17-18-19-20-21-22-24-26-28-30-32-34-53-35-37(55-38(45)33-31-29-27-25-23-16-14-12-10-8-6-4-2)36-54-57(51,52)56-44-42(49)40(47)39(46)41(48)43(44)50/h5,7,11-14,17-18,20-21,37,39-44,46-50H,3-4,6,8-10,15-16,19,22-36H2,1-2H3,(H,51,52)/b7-5-,13-11-,14-12-,18-17-,21-20-. The van der Waals surface area contributed by atoms with E-state index in [1.54, 1.807) is 0 Å². The molecule has 57 heavy (non-hydrogen) atoms. The molecule has 1 rings (SSSR count). The average molecular weight is 829 g/mol. The number of aliphatic hydroxyl groups excluding tert-OH is 5.